The number of nitrogens with zero attached hydrogens (tertiary/aromatic N) is 1. The first-order valence-corrected chi connectivity index (χ1v) is 5.57. The van der Waals surface area contributed by atoms with E-state index >= 15 is 0 Å². The molecule has 0 heterocycles. The van der Waals surface area contributed by atoms with Gasteiger partial charge in [-0.3, -0.25) is 0 Å². The van der Waals surface area contributed by atoms with E-state index in [0.717, 1.165) is 11.3 Å². The van der Waals surface area contributed by atoms with E-state index in [1.165, 1.54) is 0 Å². The Bertz CT molecular complexity index is 385. The van der Waals surface area contributed by atoms with Gasteiger partial charge in [-0.1, -0.05) is 11.6 Å². The van der Waals surface area contributed by atoms with E-state index in [9.17, 15) is 5.11 Å². The number of hydrogen-bond acceptors (Lipinski definition) is 3. The van der Waals surface area contributed by atoms with Crippen LogP contribution in [0.15, 0.2) is 12.1 Å². The van der Waals surface area contributed by atoms with Crippen molar-refractivity contribution in [2.45, 2.75) is 26.4 Å². The first kappa shape index (κ1) is 13.1. The highest BCUT2D eigenvalue weighted by molar-refractivity contribution is 6.33. The molecule has 4 heteroatoms. The van der Waals surface area contributed by atoms with E-state index in [2.05, 4.69) is 0 Å². The number of aryl methyl sites for hydroxylation is 1. The third kappa shape index (κ3) is 3.29. The first-order valence-electron chi connectivity index (χ1n) is 5.20. The van der Waals surface area contributed by atoms with Crippen molar-refractivity contribution in [2.75, 3.05) is 24.2 Å². The Morgan fingerprint density at radius 2 is 2.00 bits per heavy atom. The molecule has 0 spiro atoms. The zero-order chi connectivity index (χ0) is 12.5. The molecule has 3 N–H and O–H groups in total. The molecule has 1 aromatic rings. The summed E-state index contributed by atoms with van der Waals surface area (Å²) in [6, 6.07) is 3.68. The van der Waals surface area contributed by atoms with Gasteiger partial charge in [-0.15, -0.1) is 0 Å². The lowest BCUT2D eigenvalue weighted by atomic mass is 10.1. The summed E-state index contributed by atoms with van der Waals surface area (Å²) in [4.78, 5) is 1.97. The molecule has 0 radical (unpaired) electrons. The van der Waals surface area contributed by atoms with Gasteiger partial charge in [0.05, 0.1) is 16.3 Å². The number of aliphatic hydroxyl groups is 1. The fourth-order valence-corrected chi connectivity index (χ4v) is 1.93. The van der Waals surface area contributed by atoms with Crippen molar-refractivity contribution in [1.29, 1.82) is 0 Å². The van der Waals surface area contributed by atoms with E-state index in [-0.39, 0.29) is 0 Å². The number of nitrogen functional groups attached to an aromatic ring is 1. The number of nitrogens with two attached hydrogens (primary N) is 1. The van der Waals surface area contributed by atoms with Crippen LogP contribution in [0, 0.1) is 6.92 Å². The van der Waals surface area contributed by atoms with Crippen molar-refractivity contribution in [3.8, 4) is 0 Å². The molecule has 0 amide bonds. The minimum Gasteiger partial charge on any atom is -0.398 e. The molecule has 3 nitrogen and oxygen atoms in total. The second-order valence-corrected chi connectivity index (χ2v) is 5.24. The van der Waals surface area contributed by atoms with Gasteiger partial charge >= 0.3 is 0 Å². The number of anilines is 2. The van der Waals surface area contributed by atoms with Crippen molar-refractivity contribution in [3.05, 3.63) is 22.7 Å². The van der Waals surface area contributed by atoms with Crippen LogP contribution in [0.25, 0.3) is 0 Å². The fourth-order valence-electron chi connectivity index (χ4n) is 1.77. The number of likely N-dealkylation sites (N-methyl/N-ethyl adjacent to an activating group) is 1. The topological polar surface area (TPSA) is 49.5 Å². The number of halogens is 1. The van der Waals surface area contributed by atoms with E-state index < -0.39 is 5.60 Å². The van der Waals surface area contributed by atoms with Crippen molar-refractivity contribution < 1.29 is 5.11 Å². The summed E-state index contributed by atoms with van der Waals surface area (Å²) in [6.45, 7) is 6.06. The summed E-state index contributed by atoms with van der Waals surface area (Å²) in [5.41, 5.74) is 7.60. The SMILES string of the molecule is Cc1cc(N)c(Cl)cc1N(C)CC(C)(C)O. The second kappa shape index (κ2) is 4.52. The predicted molar refractivity (Wildman–Crippen MR) is 70.2 cm³/mol. The van der Waals surface area contributed by atoms with Crippen molar-refractivity contribution in [2.24, 2.45) is 0 Å². The molecule has 0 aromatic heterocycles. The average molecular weight is 243 g/mol. The highest BCUT2D eigenvalue weighted by atomic mass is 35.5. The maximum absolute atomic E-state index is 9.76. The number of hydrogen-bond donors (Lipinski definition) is 2. The Morgan fingerprint density at radius 1 is 1.44 bits per heavy atom. The molecule has 0 saturated carbocycles. The van der Waals surface area contributed by atoms with Gasteiger partial charge in [-0.2, -0.15) is 0 Å². The molecule has 0 aliphatic carbocycles. The zero-order valence-corrected chi connectivity index (χ0v) is 11.0. The van der Waals surface area contributed by atoms with Gasteiger partial charge in [0, 0.05) is 19.3 Å². The minimum absolute atomic E-state index is 0.536. The van der Waals surface area contributed by atoms with Crippen LogP contribution in [0.3, 0.4) is 0 Å². The van der Waals surface area contributed by atoms with Gasteiger partial charge in [-0.25, -0.2) is 0 Å². The van der Waals surface area contributed by atoms with Crippen LogP contribution < -0.4 is 10.6 Å². The number of rotatable bonds is 3. The molecule has 0 aliphatic heterocycles. The molecule has 1 rings (SSSR count). The van der Waals surface area contributed by atoms with Gasteiger partial charge in [0.1, 0.15) is 0 Å². The number of benzene rings is 1. The molecule has 0 unspecified atom stereocenters. The highest BCUT2D eigenvalue weighted by Crippen LogP contribution is 2.29. The standard InChI is InChI=1S/C12H19ClN2O/c1-8-5-10(14)9(13)6-11(8)15(4)7-12(2,3)16/h5-6,16H,7,14H2,1-4H3. The van der Waals surface area contributed by atoms with Gasteiger partial charge < -0.3 is 15.7 Å². The molecule has 0 bridgehead atoms. The molecule has 1 aromatic carbocycles. The monoisotopic (exact) mass is 242 g/mol. The lowest BCUT2D eigenvalue weighted by Gasteiger charge is -2.28. The summed E-state index contributed by atoms with van der Waals surface area (Å²) in [5.74, 6) is 0. The van der Waals surface area contributed by atoms with E-state index in [4.69, 9.17) is 17.3 Å². The van der Waals surface area contributed by atoms with Gasteiger partial charge in [-0.05, 0) is 38.5 Å². The Kier molecular flexibility index (Phi) is 3.71. The highest BCUT2D eigenvalue weighted by Gasteiger charge is 2.17. The summed E-state index contributed by atoms with van der Waals surface area (Å²) >= 11 is 5.99. The summed E-state index contributed by atoms with van der Waals surface area (Å²) in [5, 5.41) is 10.3. The van der Waals surface area contributed by atoms with Crippen molar-refractivity contribution in [1.82, 2.24) is 0 Å². The largest absolute Gasteiger partial charge is 0.398 e. The van der Waals surface area contributed by atoms with Gasteiger partial charge in [0.2, 0.25) is 0 Å². The second-order valence-electron chi connectivity index (χ2n) is 4.83. The smallest absolute Gasteiger partial charge is 0.0765 e. The Morgan fingerprint density at radius 3 is 2.50 bits per heavy atom. The van der Waals surface area contributed by atoms with E-state index in [1.54, 1.807) is 13.8 Å². The van der Waals surface area contributed by atoms with Crippen LogP contribution in [0.4, 0.5) is 11.4 Å². The van der Waals surface area contributed by atoms with Crippen molar-refractivity contribution >= 4 is 23.0 Å². The van der Waals surface area contributed by atoms with E-state index in [0.29, 0.717) is 17.3 Å². The summed E-state index contributed by atoms with van der Waals surface area (Å²) in [6.07, 6.45) is 0. The molecule has 0 saturated heterocycles. The average Bonchev–Trinajstić information content (AvgIpc) is 2.08. The molecule has 0 atom stereocenters. The van der Waals surface area contributed by atoms with Gasteiger partial charge in [0.25, 0.3) is 0 Å². The van der Waals surface area contributed by atoms with Crippen LogP contribution in [-0.4, -0.2) is 24.3 Å². The van der Waals surface area contributed by atoms with Crippen LogP contribution in [-0.2, 0) is 0 Å². The fraction of sp³-hybridized carbons (Fsp3) is 0.500. The first-order chi connectivity index (χ1) is 7.20. The predicted octanol–water partition coefficient (Wildman–Crippen LogP) is 2.44. The van der Waals surface area contributed by atoms with Crippen LogP contribution in [0.2, 0.25) is 5.02 Å². The minimum atomic E-state index is -0.741. The van der Waals surface area contributed by atoms with Crippen LogP contribution in [0.5, 0.6) is 0 Å². The quantitative estimate of drug-likeness (QED) is 0.801. The Labute approximate surface area is 102 Å². The molecular weight excluding hydrogens is 224 g/mol. The maximum atomic E-state index is 9.76. The van der Waals surface area contributed by atoms with Crippen molar-refractivity contribution in [3.63, 3.8) is 0 Å². The normalized spacial score (nSPS) is 11.6. The Balaban J connectivity index is 3.00. The molecule has 16 heavy (non-hydrogen) atoms. The summed E-state index contributed by atoms with van der Waals surface area (Å²) < 4.78 is 0. The third-order valence-electron chi connectivity index (χ3n) is 2.35. The van der Waals surface area contributed by atoms with Gasteiger partial charge in [0.15, 0.2) is 0 Å². The molecule has 0 fully saturated rings. The maximum Gasteiger partial charge on any atom is 0.0765 e. The lowest BCUT2D eigenvalue weighted by molar-refractivity contribution is 0.0886. The molecule has 0 aliphatic rings. The molecular formula is C12H19ClN2O. The van der Waals surface area contributed by atoms with Crippen LogP contribution in [0.1, 0.15) is 19.4 Å². The Hall–Kier alpha value is -0.930. The van der Waals surface area contributed by atoms with Crippen LogP contribution >= 0.6 is 11.6 Å². The summed E-state index contributed by atoms with van der Waals surface area (Å²) in [7, 11) is 1.92. The molecule has 90 valence electrons. The van der Waals surface area contributed by atoms with E-state index in [1.807, 2.05) is 31.0 Å². The lowest BCUT2D eigenvalue weighted by Crippen LogP contribution is -2.36. The third-order valence-corrected chi connectivity index (χ3v) is 2.68. The zero-order valence-electron chi connectivity index (χ0n) is 10.2.